The first-order valence-electron chi connectivity index (χ1n) is 10.4. The number of ether oxygens (including phenoxy) is 1. The number of carbonyl (C=O) groups excluding carboxylic acids is 1. The van der Waals surface area contributed by atoms with Gasteiger partial charge >= 0.3 is 0 Å². The first-order chi connectivity index (χ1) is 15.7. The fourth-order valence-corrected chi connectivity index (χ4v) is 3.65. The first-order valence-corrected chi connectivity index (χ1v) is 10.4. The van der Waals surface area contributed by atoms with Gasteiger partial charge in [0.2, 0.25) is 0 Å². The van der Waals surface area contributed by atoms with Gasteiger partial charge in [0.05, 0.1) is 5.52 Å². The second-order valence-electron chi connectivity index (χ2n) is 7.36. The number of hydrogen-bond acceptors (Lipinski definition) is 3. The summed E-state index contributed by atoms with van der Waals surface area (Å²) in [6.07, 6.45) is 4.04. The Morgan fingerprint density at radius 3 is 2.78 bits per heavy atom. The van der Waals surface area contributed by atoms with Crippen LogP contribution in [0.25, 0.3) is 10.9 Å². The van der Waals surface area contributed by atoms with E-state index < -0.39 is 0 Å². The quantitative estimate of drug-likeness (QED) is 0.390. The Balaban J connectivity index is 1.65. The molecule has 4 aromatic rings. The largest absolute Gasteiger partial charge is 0.489 e. The lowest BCUT2D eigenvalue weighted by Gasteiger charge is -2.12. The van der Waals surface area contributed by atoms with Crippen LogP contribution in [0.15, 0.2) is 85.6 Å². The molecule has 0 bridgehead atoms. The fourth-order valence-electron chi connectivity index (χ4n) is 3.65. The van der Waals surface area contributed by atoms with Crippen molar-refractivity contribution in [3.63, 3.8) is 0 Å². The van der Waals surface area contributed by atoms with E-state index in [0.29, 0.717) is 37.6 Å². The molecule has 0 saturated carbocycles. The van der Waals surface area contributed by atoms with E-state index in [1.54, 1.807) is 18.3 Å². The summed E-state index contributed by atoms with van der Waals surface area (Å²) >= 11 is 0. The number of carbonyl (C=O) groups is 1. The Kier molecular flexibility index (Phi) is 6.60. The van der Waals surface area contributed by atoms with Crippen molar-refractivity contribution in [2.75, 3.05) is 13.2 Å². The van der Waals surface area contributed by atoms with Crippen molar-refractivity contribution >= 4 is 16.8 Å². The Morgan fingerprint density at radius 1 is 1.12 bits per heavy atom. The van der Waals surface area contributed by atoms with Crippen LogP contribution in [-0.4, -0.2) is 28.6 Å². The van der Waals surface area contributed by atoms with E-state index in [9.17, 15) is 9.18 Å². The summed E-state index contributed by atoms with van der Waals surface area (Å²) in [6, 6.07) is 19.6. The van der Waals surface area contributed by atoms with Crippen molar-refractivity contribution in [1.82, 2.24) is 14.9 Å². The number of nitrogens with zero attached hydrogens (tertiary/aromatic N) is 2. The summed E-state index contributed by atoms with van der Waals surface area (Å²) in [5, 5.41) is 3.80. The lowest BCUT2D eigenvalue weighted by Crippen LogP contribution is -2.28. The Bertz CT molecular complexity index is 1230. The summed E-state index contributed by atoms with van der Waals surface area (Å²) in [5.74, 6) is 0.154. The van der Waals surface area contributed by atoms with Gasteiger partial charge in [-0.1, -0.05) is 36.9 Å². The maximum absolute atomic E-state index is 13.8. The summed E-state index contributed by atoms with van der Waals surface area (Å²) in [6.45, 7) is 4.87. The molecule has 6 heteroatoms. The number of halogens is 1. The first kappa shape index (κ1) is 21.3. The number of nitrogens with one attached hydrogen (secondary N) is 1. The van der Waals surface area contributed by atoms with E-state index in [1.165, 1.54) is 12.1 Å². The Labute approximate surface area is 186 Å². The zero-order chi connectivity index (χ0) is 22.3. The molecule has 0 saturated heterocycles. The number of hydrogen-bond donors (Lipinski definition) is 1. The van der Waals surface area contributed by atoms with Crippen LogP contribution in [0.1, 0.15) is 21.7 Å². The Morgan fingerprint density at radius 2 is 2.00 bits per heavy atom. The van der Waals surface area contributed by atoms with Gasteiger partial charge in [-0.25, -0.2) is 4.39 Å². The normalized spacial score (nSPS) is 10.8. The molecule has 0 aliphatic carbocycles. The number of amides is 1. The van der Waals surface area contributed by atoms with Crippen LogP contribution >= 0.6 is 0 Å². The minimum atomic E-state index is -0.310. The topological polar surface area (TPSA) is 56.1 Å². The van der Waals surface area contributed by atoms with E-state index in [4.69, 9.17) is 4.74 Å². The van der Waals surface area contributed by atoms with Crippen LogP contribution in [0.4, 0.5) is 4.39 Å². The highest BCUT2D eigenvalue weighted by Gasteiger charge is 2.18. The smallest absolute Gasteiger partial charge is 0.267 e. The van der Waals surface area contributed by atoms with Crippen molar-refractivity contribution in [3.05, 3.63) is 108 Å². The highest BCUT2D eigenvalue weighted by atomic mass is 19.1. The molecule has 0 spiro atoms. The predicted molar refractivity (Wildman–Crippen MR) is 123 cm³/mol. The molecule has 2 aromatic carbocycles. The molecule has 2 heterocycles. The van der Waals surface area contributed by atoms with Crippen molar-refractivity contribution in [1.29, 1.82) is 0 Å². The zero-order valence-corrected chi connectivity index (χ0v) is 17.6. The lowest BCUT2D eigenvalue weighted by molar-refractivity contribution is 0.0945. The predicted octanol–water partition coefficient (Wildman–Crippen LogP) is 4.76. The molecule has 1 N–H and O–H groups in total. The number of fused-ring (bicyclic) bond motifs is 1. The second-order valence-corrected chi connectivity index (χ2v) is 7.36. The van der Waals surface area contributed by atoms with Gasteiger partial charge in [0, 0.05) is 36.8 Å². The molecule has 0 fully saturated rings. The van der Waals surface area contributed by atoms with Crippen LogP contribution < -0.4 is 10.1 Å². The lowest BCUT2D eigenvalue weighted by atomic mass is 10.2. The third-order valence-electron chi connectivity index (χ3n) is 5.12. The standard InChI is InChI=1S/C26H24FN3O2/c1-2-15-32-25-11-6-10-23-22(25)17-24(30(23)18-19-7-5-8-20(27)16-19)26(31)29-14-12-21-9-3-4-13-28-21/h2-11,13,16-17H,1,12,14-15,18H2,(H,29,31). The van der Waals surface area contributed by atoms with E-state index in [1.807, 2.05) is 53.1 Å². The third kappa shape index (κ3) is 4.86. The van der Waals surface area contributed by atoms with Gasteiger partial charge in [-0.3, -0.25) is 9.78 Å². The van der Waals surface area contributed by atoms with E-state index >= 15 is 0 Å². The van der Waals surface area contributed by atoms with Gasteiger partial charge in [-0.15, -0.1) is 0 Å². The van der Waals surface area contributed by atoms with Crippen LogP contribution in [-0.2, 0) is 13.0 Å². The van der Waals surface area contributed by atoms with Crippen LogP contribution in [0.2, 0.25) is 0 Å². The minimum absolute atomic E-state index is 0.205. The molecule has 1 amide bonds. The highest BCUT2D eigenvalue weighted by molar-refractivity contribution is 6.00. The molecule has 32 heavy (non-hydrogen) atoms. The Hall–Kier alpha value is -3.93. The molecule has 162 valence electrons. The molecule has 2 aromatic heterocycles. The average Bonchev–Trinajstić information content (AvgIpc) is 3.17. The number of rotatable bonds is 9. The minimum Gasteiger partial charge on any atom is -0.489 e. The second kappa shape index (κ2) is 9.92. The van der Waals surface area contributed by atoms with Crippen LogP contribution in [0.3, 0.4) is 0 Å². The molecule has 0 aliphatic rings. The van der Waals surface area contributed by atoms with Gasteiger partial charge in [0.15, 0.2) is 0 Å². The summed E-state index contributed by atoms with van der Waals surface area (Å²) in [7, 11) is 0. The van der Waals surface area contributed by atoms with Gasteiger partial charge in [-0.2, -0.15) is 0 Å². The monoisotopic (exact) mass is 429 g/mol. The third-order valence-corrected chi connectivity index (χ3v) is 5.12. The fraction of sp³-hybridized carbons (Fsp3) is 0.154. The van der Waals surface area contributed by atoms with Crippen molar-refractivity contribution in [2.45, 2.75) is 13.0 Å². The SMILES string of the molecule is C=CCOc1cccc2c1cc(C(=O)NCCc1ccccn1)n2Cc1cccc(F)c1. The van der Waals surface area contributed by atoms with Crippen LogP contribution in [0.5, 0.6) is 5.75 Å². The molecule has 0 unspecified atom stereocenters. The summed E-state index contributed by atoms with van der Waals surface area (Å²) in [5.41, 5.74) is 3.00. The number of pyridine rings is 1. The van der Waals surface area contributed by atoms with Gasteiger partial charge in [0.1, 0.15) is 23.9 Å². The maximum atomic E-state index is 13.8. The molecular formula is C26H24FN3O2. The summed E-state index contributed by atoms with van der Waals surface area (Å²) in [4.78, 5) is 17.4. The van der Waals surface area contributed by atoms with E-state index in [0.717, 1.165) is 22.2 Å². The number of benzene rings is 2. The van der Waals surface area contributed by atoms with E-state index in [2.05, 4.69) is 16.9 Å². The molecule has 0 atom stereocenters. The average molecular weight is 429 g/mol. The molecule has 4 rings (SSSR count). The molecule has 0 aliphatic heterocycles. The van der Waals surface area contributed by atoms with Crippen molar-refractivity contribution in [3.8, 4) is 5.75 Å². The van der Waals surface area contributed by atoms with E-state index in [-0.39, 0.29) is 11.7 Å². The van der Waals surface area contributed by atoms with Crippen LogP contribution in [0, 0.1) is 5.82 Å². The molecule has 0 radical (unpaired) electrons. The van der Waals surface area contributed by atoms with Crippen molar-refractivity contribution in [2.24, 2.45) is 0 Å². The summed E-state index contributed by atoms with van der Waals surface area (Å²) < 4.78 is 21.5. The van der Waals surface area contributed by atoms with Crippen molar-refractivity contribution < 1.29 is 13.9 Å². The highest BCUT2D eigenvalue weighted by Crippen LogP contribution is 2.30. The van der Waals surface area contributed by atoms with Gasteiger partial charge in [0.25, 0.3) is 5.91 Å². The molecular weight excluding hydrogens is 405 g/mol. The van der Waals surface area contributed by atoms with Gasteiger partial charge < -0.3 is 14.6 Å². The zero-order valence-electron chi connectivity index (χ0n) is 17.6. The number of aromatic nitrogens is 2. The van der Waals surface area contributed by atoms with Gasteiger partial charge in [-0.05, 0) is 48.0 Å². The maximum Gasteiger partial charge on any atom is 0.267 e. The molecule has 5 nitrogen and oxygen atoms in total.